The lowest BCUT2D eigenvalue weighted by Crippen LogP contribution is -2.27. The van der Waals surface area contributed by atoms with Crippen LogP contribution < -0.4 is 5.32 Å². The van der Waals surface area contributed by atoms with E-state index in [4.69, 9.17) is 16.3 Å². The van der Waals surface area contributed by atoms with Crippen molar-refractivity contribution < 1.29 is 4.74 Å². The number of halogens is 1. The third-order valence-electron chi connectivity index (χ3n) is 2.61. The summed E-state index contributed by atoms with van der Waals surface area (Å²) in [5.41, 5.74) is 0.868. The van der Waals surface area contributed by atoms with E-state index in [2.05, 4.69) is 15.3 Å². The largest absolute Gasteiger partial charge is 0.376 e. The van der Waals surface area contributed by atoms with E-state index in [9.17, 15) is 0 Å². The first-order valence-electron chi connectivity index (χ1n) is 5.61. The molecule has 4 nitrogen and oxygen atoms in total. The summed E-state index contributed by atoms with van der Waals surface area (Å²) in [5.74, 6) is 0.770. The van der Waals surface area contributed by atoms with Crippen LogP contribution in [0, 0.1) is 6.92 Å². The third kappa shape index (κ3) is 3.32. The molecule has 5 heteroatoms. The van der Waals surface area contributed by atoms with Gasteiger partial charge >= 0.3 is 0 Å². The molecule has 1 aromatic rings. The molecule has 0 aromatic carbocycles. The topological polar surface area (TPSA) is 47.0 Å². The number of hydrogen-bond donors (Lipinski definition) is 1. The second-order valence-electron chi connectivity index (χ2n) is 4.03. The molecule has 1 aromatic heterocycles. The zero-order chi connectivity index (χ0) is 11.4. The molecule has 0 saturated carbocycles. The Balaban J connectivity index is 1.88. The summed E-state index contributed by atoms with van der Waals surface area (Å²) in [6.07, 6.45) is 3.83. The van der Waals surface area contributed by atoms with E-state index in [0.29, 0.717) is 6.10 Å². The van der Waals surface area contributed by atoms with Crippen LogP contribution in [0.15, 0.2) is 6.07 Å². The quantitative estimate of drug-likeness (QED) is 0.826. The van der Waals surface area contributed by atoms with Crippen LogP contribution >= 0.6 is 11.6 Å². The van der Waals surface area contributed by atoms with E-state index in [1.807, 2.05) is 13.0 Å². The van der Waals surface area contributed by atoms with Crippen molar-refractivity contribution in [1.82, 2.24) is 9.97 Å². The highest BCUT2D eigenvalue weighted by Crippen LogP contribution is 2.14. The van der Waals surface area contributed by atoms with Gasteiger partial charge in [-0.25, -0.2) is 9.97 Å². The Morgan fingerprint density at radius 3 is 3.06 bits per heavy atom. The van der Waals surface area contributed by atoms with Crippen molar-refractivity contribution in [3.05, 3.63) is 17.0 Å². The summed E-state index contributed by atoms with van der Waals surface area (Å²) < 4.78 is 5.62. The average molecular weight is 242 g/mol. The summed E-state index contributed by atoms with van der Waals surface area (Å²) in [6, 6.07) is 1.88. The number of hydrogen-bond acceptors (Lipinski definition) is 4. The van der Waals surface area contributed by atoms with E-state index in [1.165, 1.54) is 12.8 Å². The number of aryl methyl sites for hydroxylation is 1. The first-order valence-corrected chi connectivity index (χ1v) is 5.98. The zero-order valence-electron chi connectivity index (χ0n) is 9.37. The molecule has 16 heavy (non-hydrogen) atoms. The lowest BCUT2D eigenvalue weighted by Gasteiger charge is -2.22. The van der Waals surface area contributed by atoms with Crippen molar-refractivity contribution in [3.63, 3.8) is 0 Å². The van der Waals surface area contributed by atoms with Gasteiger partial charge in [0.25, 0.3) is 0 Å². The summed E-state index contributed by atoms with van der Waals surface area (Å²) in [4.78, 5) is 8.12. The smallest absolute Gasteiger partial charge is 0.224 e. The standard InChI is InChI=1S/C11H16ClN3O/c1-8-6-10(15-11(12)14-8)13-7-9-4-2-3-5-16-9/h6,9H,2-5,7H2,1H3,(H,13,14,15). The molecule has 2 heterocycles. The molecule has 0 spiro atoms. The third-order valence-corrected chi connectivity index (χ3v) is 2.78. The van der Waals surface area contributed by atoms with Crippen LogP contribution in [0.5, 0.6) is 0 Å². The molecular formula is C11H16ClN3O. The Labute approximate surface area is 100 Å². The molecule has 1 saturated heterocycles. The number of nitrogens with one attached hydrogen (secondary N) is 1. The Morgan fingerprint density at radius 1 is 1.50 bits per heavy atom. The van der Waals surface area contributed by atoms with E-state index in [1.54, 1.807) is 0 Å². The summed E-state index contributed by atoms with van der Waals surface area (Å²) in [5, 5.41) is 3.52. The molecule has 1 aliphatic rings. The van der Waals surface area contributed by atoms with E-state index >= 15 is 0 Å². The van der Waals surface area contributed by atoms with Crippen LogP contribution in [-0.4, -0.2) is 29.2 Å². The molecule has 0 bridgehead atoms. The Bertz CT molecular complexity index is 333. The number of anilines is 1. The van der Waals surface area contributed by atoms with Crippen LogP contribution in [0.25, 0.3) is 0 Å². The fourth-order valence-electron chi connectivity index (χ4n) is 1.81. The van der Waals surface area contributed by atoms with E-state index < -0.39 is 0 Å². The predicted octanol–water partition coefficient (Wildman–Crippen LogP) is 2.42. The van der Waals surface area contributed by atoms with Crippen molar-refractivity contribution in [2.75, 3.05) is 18.5 Å². The molecule has 1 aliphatic heterocycles. The van der Waals surface area contributed by atoms with Gasteiger partial charge in [0.15, 0.2) is 0 Å². The number of nitrogens with zero attached hydrogens (tertiary/aromatic N) is 2. The molecule has 2 rings (SSSR count). The molecule has 1 fully saturated rings. The van der Waals surface area contributed by atoms with Gasteiger partial charge in [-0.15, -0.1) is 0 Å². The summed E-state index contributed by atoms with van der Waals surface area (Å²) >= 11 is 5.78. The minimum atomic E-state index is 0.284. The predicted molar refractivity (Wildman–Crippen MR) is 63.9 cm³/mol. The Hall–Kier alpha value is -0.870. The normalized spacial score (nSPS) is 20.8. The Morgan fingerprint density at radius 2 is 2.38 bits per heavy atom. The maximum absolute atomic E-state index is 5.78. The van der Waals surface area contributed by atoms with Crippen LogP contribution in [0.1, 0.15) is 25.0 Å². The van der Waals surface area contributed by atoms with Gasteiger partial charge in [0, 0.05) is 24.9 Å². The lowest BCUT2D eigenvalue weighted by atomic mass is 10.1. The first kappa shape index (κ1) is 11.6. The second kappa shape index (κ2) is 5.46. The van der Waals surface area contributed by atoms with Gasteiger partial charge in [0.1, 0.15) is 5.82 Å². The SMILES string of the molecule is Cc1cc(NCC2CCCCO2)nc(Cl)n1. The van der Waals surface area contributed by atoms with Gasteiger partial charge < -0.3 is 10.1 Å². The molecule has 88 valence electrons. The zero-order valence-corrected chi connectivity index (χ0v) is 10.1. The van der Waals surface area contributed by atoms with Crippen LogP contribution in [-0.2, 0) is 4.74 Å². The minimum absolute atomic E-state index is 0.284. The molecule has 1 N–H and O–H groups in total. The monoisotopic (exact) mass is 241 g/mol. The van der Waals surface area contributed by atoms with Gasteiger partial charge in [0.05, 0.1) is 6.10 Å². The highest BCUT2D eigenvalue weighted by molar-refractivity contribution is 6.28. The van der Waals surface area contributed by atoms with Gasteiger partial charge in [-0.05, 0) is 37.8 Å². The van der Waals surface area contributed by atoms with Crippen molar-refractivity contribution >= 4 is 17.4 Å². The van der Waals surface area contributed by atoms with E-state index in [0.717, 1.165) is 31.1 Å². The number of rotatable bonds is 3. The highest BCUT2D eigenvalue weighted by Gasteiger charge is 2.13. The van der Waals surface area contributed by atoms with Crippen molar-refractivity contribution in [2.45, 2.75) is 32.3 Å². The molecule has 0 radical (unpaired) electrons. The second-order valence-corrected chi connectivity index (χ2v) is 4.37. The van der Waals surface area contributed by atoms with Gasteiger partial charge in [-0.2, -0.15) is 0 Å². The van der Waals surface area contributed by atoms with Crippen LogP contribution in [0.2, 0.25) is 5.28 Å². The van der Waals surface area contributed by atoms with Gasteiger partial charge in [0.2, 0.25) is 5.28 Å². The first-order chi connectivity index (χ1) is 7.74. The summed E-state index contributed by atoms with van der Waals surface area (Å²) in [7, 11) is 0. The summed E-state index contributed by atoms with van der Waals surface area (Å²) in [6.45, 7) is 3.55. The van der Waals surface area contributed by atoms with Crippen molar-refractivity contribution in [3.8, 4) is 0 Å². The number of ether oxygens (including phenoxy) is 1. The highest BCUT2D eigenvalue weighted by atomic mass is 35.5. The molecular weight excluding hydrogens is 226 g/mol. The van der Waals surface area contributed by atoms with Crippen LogP contribution in [0.4, 0.5) is 5.82 Å². The van der Waals surface area contributed by atoms with Crippen LogP contribution in [0.3, 0.4) is 0 Å². The fourth-order valence-corrected chi connectivity index (χ4v) is 2.03. The van der Waals surface area contributed by atoms with Gasteiger partial charge in [-0.3, -0.25) is 0 Å². The molecule has 0 amide bonds. The maximum Gasteiger partial charge on any atom is 0.224 e. The minimum Gasteiger partial charge on any atom is -0.376 e. The Kier molecular flexibility index (Phi) is 3.96. The lowest BCUT2D eigenvalue weighted by molar-refractivity contribution is 0.0247. The van der Waals surface area contributed by atoms with Crippen molar-refractivity contribution in [2.24, 2.45) is 0 Å². The van der Waals surface area contributed by atoms with Gasteiger partial charge in [-0.1, -0.05) is 0 Å². The number of aromatic nitrogens is 2. The maximum atomic E-state index is 5.78. The molecule has 0 aliphatic carbocycles. The molecule has 1 atom stereocenters. The average Bonchev–Trinajstić information content (AvgIpc) is 2.27. The van der Waals surface area contributed by atoms with Crippen molar-refractivity contribution in [1.29, 1.82) is 0 Å². The van der Waals surface area contributed by atoms with E-state index in [-0.39, 0.29) is 5.28 Å². The molecule has 1 unspecified atom stereocenters. The fraction of sp³-hybridized carbons (Fsp3) is 0.636.